The van der Waals surface area contributed by atoms with E-state index >= 15 is 0 Å². The minimum atomic E-state index is -0.403. The maximum Gasteiger partial charge on any atom is 0.306 e. The zero-order valence-corrected chi connectivity index (χ0v) is 11.3. The van der Waals surface area contributed by atoms with Crippen molar-refractivity contribution in [1.82, 2.24) is 5.32 Å². The Labute approximate surface area is 110 Å². The highest BCUT2D eigenvalue weighted by Crippen LogP contribution is 2.22. The van der Waals surface area contributed by atoms with Crippen molar-refractivity contribution in [3.8, 4) is 0 Å². The van der Waals surface area contributed by atoms with E-state index in [1.807, 2.05) is 20.8 Å². The van der Waals surface area contributed by atoms with Crippen molar-refractivity contribution in [2.45, 2.75) is 71.3 Å². The lowest BCUT2D eigenvalue weighted by atomic mass is 10.1. The first kappa shape index (κ1) is 13.3. The standard InChI is InChI=1S/C13H23NO4/c1-8(2)14-12(15)5-6-13(16)18-11-7-9(3)17-10(11)4/h8-11H,5-7H2,1-4H3,(H,14,15)/t9-,10+,11?/m0/s1/i4D. The second kappa shape index (κ2) is 6.73. The summed E-state index contributed by atoms with van der Waals surface area (Å²) in [6.07, 6.45) is 0.127. The number of rotatable bonds is 5. The van der Waals surface area contributed by atoms with Crippen LogP contribution in [0.3, 0.4) is 0 Å². The van der Waals surface area contributed by atoms with Crippen molar-refractivity contribution in [1.29, 1.82) is 0 Å². The molecule has 1 amide bonds. The molecule has 0 aromatic heterocycles. The van der Waals surface area contributed by atoms with E-state index in [2.05, 4.69) is 5.32 Å². The van der Waals surface area contributed by atoms with Crippen molar-refractivity contribution in [2.75, 3.05) is 0 Å². The third-order valence-corrected chi connectivity index (χ3v) is 2.67. The van der Waals surface area contributed by atoms with Crippen LogP contribution in [0.5, 0.6) is 0 Å². The van der Waals surface area contributed by atoms with Crippen LogP contribution in [0.15, 0.2) is 0 Å². The van der Waals surface area contributed by atoms with E-state index in [1.165, 1.54) is 0 Å². The predicted molar refractivity (Wildman–Crippen MR) is 67.0 cm³/mol. The van der Waals surface area contributed by atoms with Gasteiger partial charge in [0.25, 0.3) is 0 Å². The SMILES string of the molecule is [2H]C[C@H]1O[C@@H](C)CC1OC(=O)CCC(=O)NC(C)C. The number of hydrogen-bond acceptors (Lipinski definition) is 4. The van der Waals surface area contributed by atoms with Gasteiger partial charge < -0.3 is 14.8 Å². The second-order valence-corrected chi connectivity index (χ2v) is 4.97. The van der Waals surface area contributed by atoms with E-state index < -0.39 is 5.97 Å². The summed E-state index contributed by atoms with van der Waals surface area (Å²) in [4.78, 5) is 23.0. The van der Waals surface area contributed by atoms with Crippen LogP contribution in [0.25, 0.3) is 0 Å². The molecule has 1 rings (SSSR count). The quantitative estimate of drug-likeness (QED) is 0.757. The summed E-state index contributed by atoms with van der Waals surface area (Å²) in [5.74, 6) is -0.555. The Bertz CT molecular complexity index is 322. The fourth-order valence-corrected chi connectivity index (χ4v) is 1.88. The van der Waals surface area contributed by atoms with Crippen LogP contribution in [0.4, 0.5) is 0 Å². The highest BCUT2D eigenvalue weighted by Gasteiger charge is 2.32. The van der Waals surface area contributed by atoms with Crippen molar-refractivity contribution in [3.05, 3.63) is 0 Å². The third-order valence-electron chi connectivity index (χ3n) is 2.67. The summed E-state index contributed by atoms with van der Waals surface area (Å²) in [5, 5.41) is 2.72. The maximum atomic E-state index is 11.6. The minimum Gasteiger partial charge on any atom is -0.459 e. The van der Waals surface area contributed by atoms with Crippen molar-refractivity contribution in [2.24, 2.45) is 0 Å². The number of amides is 1. The molecule has 1 N–H and O–H groups in total. The molecular weight excluding hydrogens is 234 g/mol. The van der Waals surface area contributed by atoms with Gasteiger partial charge in [0, 0.05) is 20.3 Å². The number of ether oxygens (including phenoxy) is 2. The Hall–Kier alpha value is -1.10. The summed E-state index contributed by atoms with van der Waals surface area (Å²) >= 11 is 0. The van der Waals surface area contributed by atoms with Gasteiger partial charge in [-0.25, -0.2) is 0 Å². The number of nitrogens with one attached hydrogen (secondary N) is 1. The first-order valence-electron chi connectivity index (χ1n) is 7.06. The maximum absolute atomic E-state index is 11.6. The van der Waals surface area contributed by atoms with E-state index in [0.29, 0.717) is 6.42 Å². The van der Waals surface area contributed by atoms with Crippen molar-refractivity contribution < 1.29 is 20.4 Å². The molecule has 0 aromatic carbocycles. The molecule has 5 nitrogen and oxygen atoms in total. The number of carbonyl (C=O) groups is 2. The molecule has 0 spiro atoms. The van der Waals surface area contributed by atoms with Gasteiger partial charge in [-0.05, 0) is 27.7 Å². The summed E-state index contributed by atoms with van der Waals surface area (Å²) in [6, 6.07) is 0.0697. The lowest BCUT2D eigenvalue weighted by Gasteiger charge is -2.15. The van der Waals surface area contributed by atoms with Crippen LogP contribution in [-0.2, 0) is 19.1 Å². The van der Waals surface area contributed by atoms with Gasteiger partial charge in [0.1, 0.15) is 6.10 Å². The van der Waals surface area contributed by atoms with Crippen LogP contribution in [0.2, 0.25) is 0 Å². The number of carbonyl (C=O) groups excluding carboxylic acids is 2. The lowest BCUT2D eigenvalue weighted by molar-refractivity contribution is -0.152. The van der Waals surface area contributed by atoms with Crippen LogP contribution in [0.1, 0.15) is 48.3 Å². The molecule has 0 saturated carbocycles. The van der Waals surface area contributed by atoms with Crippen molar-refractivity contribution in [3.63, 3.8) is 0 Å². The molecule has 0 aliphatic carbocycles. The molecule has 18 heavy (non-hydrogen) atoms. The molecule has 1 heterocycles. The smallest absolute Gasteiger partial charge is 0.306 e. The fraction of sp³-hybridized carbons (Fsp3) is 0.846. The zero-order chi connectivity index (χ0) is 14.4. The molecule has 0 aromatic rings. The first-order valence-corrected chi connectivity index (χ1v) is 6.36. The zero-order valence-electron chi connectivity index (χ0n) is 12.3. The predicted octanol–water partition coefficient (Wildman–Crippen LogP) is 1.40. The Morgan fingerprint density at radius 3 is 2.83 bits per heavy atom. The van der Waals surface area contributed by atoms with E-state index in [4.69, 9.17) is 10.8 Å². The van der Waals surface area contributed by atoms with Gasteiger partial charge in [0.05, 0.1) is 18.6 Å². The first-order chi connectivity index (χ1) is 8.92. The monoisotopic (exact) mass is 258 g/mol. The highest BCUT2D eigenvalue weighted by atomic mass is 16.6. The van der Waals surface area contributed by atoms with E-state index in [0.717, 1.165) is 0 Å². The van der Waals surface area contributed by atoms with E-state index in [-0.39, 0.29) is 50.0 Å². The van der Waals surface area contributed by atoms with Crippen molar-refractivity contribution >= 4 is 11.9 Å². The molecule has 1 aliphatic heterocycles. The third kappa shape index (κ3) is 5.04. The average Bonchev–Trinajstić information content (AvgIpc) is 2.66. The van der Waals surface area contributed by atoms with Gasteiger partial charge in [0.15, 0.2) is 0 Å². The minimum absolute atomic E-state index is 0.0115. The summed E-state index contributed by atoms with van der Waals surface area (Å²) in [5.41, 5.74) is 0. The topological polar surface area (TPSA) is 64.6 Å². The molecule has 1 saturated heterocycles. The molecule has 0 radical (unpaired) electrons. The summed E-state index contributed by atoms with van der Waals surface area (Å²) in [6.45, 7) is 5.71. The van der Waals surface area contributed by atoms with Gasteiger partial charge in [-0.3, -0.25) is 9.59 Å². The molecule has 104 valence electrons. The molecule has 1 unspecified atom stereocenters. The normalized spacial score (nSPS) is 28.0. The Morgan fingerprint density at radius 2 is 2.22 bits per heavy atom. The Balaban J connectivity index is 2.29. The van der Waals surface area contributed by atoms with Gasteiger partial charge in [-0.15, -0.1) is 0 Å². The largest absolute Gasteiger partial charge is 0.459 e. The number of hydrogen-bond donors (Lipinski definition) is 1. The lowest BCUT2D eigenvalue weighted by Crippen LogP contribution is -2.31. The van der Waals surface area contributed by atoms with Gasteiger partial charge in [-0.1, -0.05) is 0 Å². The highest BCUT2D eigenvalue weighted by molar-refractivity contribution is 5.81. The average molecular weight is 258 g/mol. The van der Waals surface area contributed by atoms with Crippen LogP contribution in [0, 0.1) is 0 Å². The van der Waals surface area contributed by atoms with Crippen LogP contribution >= 0.6 is 0 Å². The number of esters is 1. The fourth-order valence-electron chi connectivity index (χ4n) is 1.88. The van der Waals surface area contributed by atoms with Crippen LogP contribution < -0.4 is 5.32 Å². The Kier molecular flexibility index (Phi) is 4.99. The Morgan fingerprint density at radius 1 is 1.50 bits per heavy atom. The van der Waals surface area contributed by atoms with Gasteiger partial charge in [0.2, 0.25) is 5.91 Å². The van der Waals surface area contributed by atoms with E-state index in [1.54, 1.807) is 0 Å². The summed E-state index contributed by atoms with van der Waals surface area (Å²) in [7, 11) is 0. The van der Waals surface area contributed by atoms with Crippen LogP contribution in [-0.4, -0.2) is 36.2 Å². The molecule has 3 atom stereocenters. The molecular formula is C13H23NO4. The molecule has 1 fully saturated rings. The second-order valence-electron chi connectivity index (χ2n) is 4.97. The molecule has 0 bridgehead atoms. The van der Waals surface area contributed by atoms with Gasteiger partial charge in [-0.2, -0.15) is 0 Å². The van der Waals surface area contributed by atoms with E-state index in [9.17, 15) is 9.59 Å². The van der Waals surface area contributed by atoms with Gasteiger partial charge >= 0.3 is 5.97 Å². The molecule has 5 heteroatoms. The molecule has 1 aliphatic rings. The summed E-state index contributed by atoms with van der Waals surface area (Å²) < 4.78 is 18.1.